The number of fused-ring (bicyclic) bond motifs is 1. The molecule has 0 bridgehead atoms. The first-order valence-electron chi connectivity index (χ1n) is 4.83. The average Bonchev–Trinajstić information content (AvgIpc) is 2.71. The zero-order valence-corrected chi connectivity index (χ0v) is 7.68. The van der Waals surface area contributed by atoms with E-state index in [2.05, 4.69) is 13.5 Å². The van der Waals surface area contributed by atoms with Crippen molar-refractivity contribution < 1.29 is 4.79 Å². The van der Waals surface area contributed by atoms with E-state index in [-0.39, 0.29) is 5.41 Å². The van der Waals surface area contributed by atoms with Crippen molar-refractivity contribution in [3.63, 3.8) is 0 Å². The molecule has 0 aliphatic heterocycles. The van der Waals surface area contributed by atoms with Crippen LogP contribution in [-0.2, 0) is 4.79 Å². The van der Waals surface area contributed by atoms with Gasteiger partial charge in [0.1, 0.15) is 5.78 Å². The van der Waals surface area contributed by atoms with E-state index in [9.17, 15) is 4.79 Å². The van der Waals surface area contributed by atoms with Gasteiger partial charge >= 0.3 is 0 Å². The summed E-state index contributed by atoms with van der Waals surface area (Å²) in [6.45, 7) is 5.83. The van der Waals surface area contributed by atoms with Gasteiger partial charge in [-0.1, -0.05) is 13.0 Å². The van der Waals surface area contributed by atoms with E-state index in [0.29, 0.717) is 11.7 Å². The van der Waals surface area contributed by atoms with Crippen molar-refractivity contribution in [2.45, 2.75) is 32.6 Å². The first-order chi connectivity index (χ1) is 5.68. The Balaban J connectivity index is 2.09. The maximum atomic E-state index is 11.8. The first kappa shape index (κ1) is 8.03. The SMILES string of the molecule is C=CCC1CCC2CC2(C)C1=O. The fourth-order valence-corrected chi connectivity index (χ4v) is 2.60. The summed E-state index contributed by atoms with van der Waals surface area (Å²) in [5, 5.41) is 0. The molecule has 0 amide bonds. The molecule has 2 aliphatic rings. The maximum absolute atomic E-state index is 11.8. The van der Waals surface area contributed by atoms with E-state index in [1.165, 1.54) is 6.42 Å². The molecule has 12 heavy (non-hydrogen) atoms. The Morgan fingerprint density at radius 2 is 2.42 bits per heavy atom. The zero-order chi connectivity index (χ0) is 8.77. The van der Waals surface area contributed by atoms with Crippen LogP contribution in [0.3, 0.4) is 0 Å². The molecule has 2 saturated carbocycles. The molecule has 66 valence electrons. The van der Waals surface area contributed by atoms with Gasteiger partial charge in [-0.2, -0.15) is 0 Å². The monoisotopic (exact) mass is 164 g/mol. The third-order valence-corrected chi connectivity index (χ3v) is 3.66. The van der Waals surface area contributed by atoms with Crippen LogP contribution in [0.4, 0.5) is 0 Å². The molecule has 2 fully saturated rings. The van der Waals surface area contributed by atoms with Crippen molar-refractivity contribution >= 4 is 5.78 Å². The van der Waals surface area contributed by atoms with Gasteiger partial charge in [-0.05, 0) is 31.6 Å². The second-order valence-electron chi connectivity index (χ2n) is 4.48. The molecule has 2 rings (SSSR count). The molecular weight excluding hydrogens is 148 g/mol. The zero-order valence-electron chi connectivity index (χ0n) is 7.68. The Morgan fingerprint density at radius 3 is 3.08 bits per heavy atom. The number of allylic oxidation sites excluding steroid dienone is 1. The van der Waals surface area contributed by atoms with Gasteiger partial charge in [-0.25, -0.2) is 0 Å². The van der Waals surface area contributed by atoms with Crippen molar-refractivity contribution in [2.75, 3.05) is 0 Å². The van der Waals surface area contributed by atoms with Gasteiger partial charge in [0, 0.05) is 11.3 Å². The Morgan fingerprint density at radius 1 is 1.67 bits per heavy atom. The van der Waals surface area contributed by atoms with Crippen molar-refractivity contribution in [1.29, 1.82) is 0 Å². The van der Waals surface area contributed by atoms with Gasteiger partial charge in [0.05, 0.1) is 0 Å². The average molecular weight is 164 g/mol. The summed E-state index contributed by atoms with van der Waals surface area (Å²) in [6, 6.07) is 0. The predicted molar refractivity (Wildman–Crippen MR) is 48.8 cm³/mol. The summed E-state index contributed by atoms with van der Waals surface area (Å²) in [7, 11) is 0. The summed E-state index contributed by atoms with van der Waals surface area (Å²) in [5.74, 6) is 1.54. The van der Waals surface area contributed by atoms with Crippen molar-refractivity contribution in [3.05, 3.63) is 12.7 Å². The summed E-state index contributed by atoms with van der Waals surface area (Å²) in [6.07, 6.45) is 6.29. The highest BCUT2D eigenvalue weighted by molar-refractivity contribution is 5.90. The second-order valence-corrected chi connectivity index (χ2v) is 4.48. The van der Waals surface area contributed by atoms with Gasteiger partial charge in [-0.15, -0.1) is 6.58 Å². The topological polar surface area (TPSA) is 17.1 Å². The highest BCUT2D eigenvalue weighted by Gasteiger charge is 2.58. The van der Waals surface area contributed by atoms with Crippen LogP contribution in [0.5, 0.6) is 0 Å². The van der Waals surface area contributed by atoms with E-state index < -0.39 is 0 Å². The number of rotatable bonds is 2. The number of carbonyl (C=O) groups is 1. The fraction of sp³-hybridized carbons (Fsp3) is 0.727. The highest BCUT2D eigenvalue weighted by atomic mass is 16.1. The molecule has 0 aromatic heterocycles. The first-order valence-corrected chi connectivity index (χ1v) is 4.83. The number of carbonyl (C=O) groups excluding carboxylic acids is 1. The lowest BCUT2D eigenvalue weighted by Gasteiger charge is -2.24. The maximum Gasteiger partial charge on any atom is 0.142 e. The van der Waals surface area contributed by atoms with E-state index >= 15 is 0 Å². The Labute approximate surface area is 73.8 Å². The third-order valence-electron chi connectivity index (χ3n) is 3.66. The lowest BCUT2D eigenvalue weighted by molar-refractivity contribution is -0.129. The van der Waals surface area contributed by atoms with Crippen LogP contribution in [0, 0.1) is 17.3 Å². The lowest BCUT2D eigenvalue weighted by atomic mass is 9.79. The number of Topliss-reactive ketones (excluding diaryl/α,β-unsaturated/α-hetero) is 1. The predicted octanol–water partition coefficient (Wildman–Crippen LogP) is 2.57. The van der Waals surface area contributed by atoms with Gasteiger partial charge in [0.15, 0.2) is 0 Å². The molecule has 0 heterocycles. The molecule has 1 heteroatoms. The minimum Gasteiger partial charge on any atom is -0.299 e. The smallest absolute Gasteiger partial charge is 0.142 e. The molecule has 1 nitrogen and oxygen atoms in total. The number of ketones is 1. The molecule has 2 aliphatic carbocycles. The minimum atomic E-state index is 0.0892. The summed E-state index contributed by atoms with van der Waals surface area (Å²) < 4.78 is 0. The van der Waals surface area contributed by atoms with Gasteiger partial charge < -0.3 is 0 Å². The molecule has 0 aromatic carbocycles. The van der Waals surface area contributed by atoms with E-state index in [4.69, 9.17) is 0 Å². The third kappa shape index (κ3) is 0.954. The fourth-order valence-electron chi connectivity index (χ4n) is 2.60. The van der Waals surface area contributed by atoms with Gasteiger partial charge in [0.2, 0.25) is 0 Å². The summed E-state index contributed by atoms with van der Waals surface area (Å²) in [5.41, 5.74) is 0.0892. The molecular formula is C11H16O. The summed E-state index contributed by atoms with van der Waals surface area (Å²) >= 11 is 0. The second kappa shape index (κ2) is 2.45. The Kier molecular flexibility index (Phi) is 1.64. The molecule has 0 radical (unpaired) electrons. The van der Waals surface area contributed by atoms with Crippen LogP contribution >= 0.6 is 0 Å². The Bertz CT molecular complexity index is 231. The molecule has 0 spiro atoms. The van der Waals surface area contributed by atoms with Gasteiger partial charge in [-0.3, -0.25) is 4.79 Å². The van der Waals surface area contributed by atoms with Crippen LogP contribution in [-0.4, -0.2) is 5.78 Å². The summed E-state index contributed by atoms with van der Waals surface area (Å²) in [4.78, 5) is 11.8. The standard InChI is InChI=1S/C11H16O/c1-3-4-8-5-6-9-7-11(9,2)10(8)12/h3,8-9H,1,4-7H2,2H3. The van der Waals surface area contributed by atoms with E-state index in [0.717, 1.165) is 25.2 Å². The van der Waals surface area contributed by atoms with Crippen LogP contribution in [0.25, 0.3) is 0 Å². The number of hydrogen-bond donors (Lipinski definition) is 0. The van der Waals surface area contributed by atoms with Crippen LogP contribution < -0.4 is 0 Å². The molecule has 0 aromatic rings. The van der Waals surface area contributed by atoms with Gasteiger partial charge in [0.25, 0.3) is 0 Å². The van der Waals surface area contributed by atoms with E-state index in [1.54, 1.807) is 0 Å². The van der Waals surface area contributed by atoms with Crippen molar-refractivity contribution in [2.24, 2.45) is 17.3 Å². The molecule has 3 atom stereocenters. The van der Waals surface area contributed by atoms with Crippen molar-refractivity contribution in [3.8, 4) is 0 Å². The van der Waals surface area contributed by atoms with Crippen molar-refractivity contribution in [1.82, 2.24) is 0 Å². The van der Waals surface area contributed by atoms with Crippen LogP contribution in [0.2, 0.25) is 0 Å². The number of hydrogen-bond acceptors (Lipinski definition) is 1. The van der Waals surface area contributed by atoms with Crippen LogP contribution in [0.15, 0.2) is 12.7 Å². The largest absolute Gasteiger partial charge is 0.299 e. The Hall–Kier alpha value is -0.590. The quantitative estimate of drug-likeness (QED) is 0.573. The minimum absolute atomic E-state index is 0.0892. The highest BCUT2D eigenvalue weighted by Crippen LogP contribution is 2.60. The molecule has 0 N–H and O–H groups in total. The van der Waals surface area contributed by atoms with Crippen LogP contribution in [0.1, 0.15) is 32.6 Å². The molecule has 3 unspecified atom stereocenters. The van der Waals surface area contributed by atoms with E-state index in [1.807, 2.05) is 6.08 Å². The normalized spacial score (nSPS) is 45.2. The lowest BCUT2D eigenvalue weighted by Crippen LogP contribution is -2.28. The molecule has 0 saturated heterocycles.